The van der Waals surface area contributed by atoms with Crippen molar-refractivity contribution in [3.05, 3.63) is 24.2 Å². The molecule has 0 saturated carbocycles. The van der Waals surface area contributed by atoms with Crippen LogP contribution in [0.2, 0.25) is 0 Å². The predicted octanol–water partition coefficient (Wildman–Crippen LogP) is -0.497. The monoisotopic (exact) mass is 397 g/mol. The number of carbonyl (C=O) groups is 3. The molecule has 2 aliphatic rings. The summed E-state index contributed by atoms with van der Waals surface area (Å²) in [4.78, 5) is 40.2. The molecule has 9 nitrogen and oxygen atoms in total. The second-order valence-corrected chi connectivity index (χ2v) is 9.19. The van der Waals surface area contributed by atoms with E-state index in [4.69, 9.17) is 4.42 Å². The summed E-state index contributed by atoms with van der Waals surface area (Å²) < 4.78 is 28.0. The average molecular weight is 397 g/mol. The quantitative estimate of drug-likeness (QED) is 0.732. The fourth-order valence-electron chi connectivity index (χ4n) is 3.40. The molecule has 0 radical (unpaired) electrons. The molecule has 0 aliphatic carbocycles. The Labute approximate surface area is 157 Å². The Hall–Kier alpha value is -2.36. The third kappa shape index (κ3) is 4.49. The van der Waals surface area contributed by atoms with E-state index in [0.717, 1.165) is 0 Å². The second-order valence-electron chi connectivity index (χ2n) is 6.96. The molecule has 2 saturated heterocycles. The number of furan rings is 1. The first-order valence-corrected chi connectivity index (χ1v) is 10.7. The van der Waals surface area contributed by atoms with Crippen LogP contribution in [-0.4, -0.2) is 79.7 Å². The summed E-state index contributed by atoms with van der Waals surface area (Å²) in [6.45, 7) is 3.06. The van der Waals surface area contributed by atoms with Gasteiger partial charge >= 0.3 is 0 Å². The molecule has 10 heteroatoms. The van der Waals surface area contributed by atoms with E-state index < -0.39 is 21.8 Å². The molecule has 3 rings (SSSR count). The number of rotatable bonds is 4. The molecule has 3 heterocycles. The van der Waals surface area contributed by atoms with Gasteiger partial charge in [-0.05, 0) is 19.4 Å². The van der Waals surface area contributed by atoms with Crippen molar-refractivity contribution in [3.63, 3.8) is 0 Å². The molecule has 0 bridgehead atoms. The van der Waals surface area contributed by atoms with Crippen LogP contribution in [0.25, 0.3) is 0 Å². The molecule has 27 heavy (non-hydrogen) atoms. The van der Waals surface area contributed by atoms with Gasteiger partial charge in [-0.1, -0.05) is 0 Å². The zero-order valence-corrected chi connectivity index (χ0v) is 15.9. The average Bonchev–Trinajstić information content (AvgIpc) is 3.30. The summed E-state index contributed by atoms with van der Waals surface area (Å²) in [5.41, 5.74) is 0.344. The molecule has 0 spiro atoms. The van der Waals surface area contributed by atoms with Crippen LogP contribution < -0.4 is 5.32 Å². The Balaban J connectivity index is 1.49. The summed E-state index contributed by atoms with van der Waals surface area (Å²) >= 11 is 0. The Morgan fingerprint density at radius 3 is 2.41 bits per heavy atom. The van der Waals surface area contributed by atoms with Crippen molar-refractivity contribution in [1.82, 2.24) is 15.1 Å². The fourth-order valence-corrected chi connectivity index (χ4v) is 5.14. The lowest BCUT2D eigenvalue weighted by Gasteiger charge is -2.37. The molecular formula is C17H23N3O6S. The standard InChI is InChI=1S/C17H23N3O6S/c1-12(18-15(21)13-2-8-26-10-13)16(22)19-4-6-20(7-5-19)17(23)14-3-9-27(24,25)11-14/h2,8,10,12,14H,3-7,9,11H2,1H3,(H,18,21)/t12-,14+/m1/s1. The molecule has 2 fully saturated rings. The highest BCUT2D eigenvalue weighted by Gasteiger charge is 2.37. The van der Waals surface area contributed by atoms with Crippen molar-refractivity contribution < 1.29 is 27.2 Å². The van der Waals surface area contributed by atoms with Gasteiger partial charge in [-0.15, -0.1) is 0 Å². The summed E-state index contributed by atoms with van der Waals surface area (Å²) in [6.07, 6.45) is 3.06. The first-order chi connectivity index (χ1) is 12.8. The van der Waals surface area contributed by atoms with Gasteiger partial charge in [0.1, 0.15) is 12.3 Å². The van der Waals surface area contributed by atoms with E-state index in [1.165, 1.54) is 18.6 Å². The molecular weight excluding hydrogens is 374 g/mol. The smallest absolute Gasteiger partial charge is 0.255 e. The predicted molar refractivity (Wildman–Crippen MR) is 95.6 cm³/mol. The van der Waals surface area contributed by atoms with Crippen LogP contribution in [0.15, 0.2) is 23.0 Å². The van der Waals surface area contributed by atoms with E-state index >= 15 is 0 Å². The first-order valence-electron chi connectivity index (χ1n) is 8.88. The molecule has 3 amide bonds. The van der Waals surface area contributed by atoms with Gasteiger partial charge < -0.3 is 19.5 Å². The van der Waals surface area contributed by atoms with E-state index in [9.17, 15) is 22.8 Å². The summed E-state index contributed by atoms with van der Waals surface area (Å²) in [5, 5.41) is 2.63. The highest BCUT2D eigenvalue weighted by molar-refractivity contribution is 7.91. The maximum absolute atomic E-state index is 12.5. The van der Waals surface area contributed by atoms with Crippen molar-refractivity contribution in [2.45, 2.75) is 19.4 Å². The number of hydrogen-bond acceptors (Lipinski definition) is 6. The van der Waals surface area contributed by atoms with E-state index in [2.05, 4.69) is 5.32 Å². The maximum atomic E-state index is 12.5. The number of amides is 3. The van der Waals surface area contributed by atoms with Crippen molar-refractivity contribution >= 4 is 27.6 Å². The lowest BCUT2D eigenvalue weighted by Crippen LogP contribution is -2.55. The third-order valence-electron chi connectivity index (χ3n) is 4.99. The maximum Gasteiger partial charge on any atom is 0.255 e. The molecule has 2 atom stereocenters. The molecule has 1 aromatic rings. The lowest BCUT2D eigenvalue weighted by molar-refractivity contribution is -0.142. The minimum absolute atomic E-state index is 0.0652. The van der Waals surface area contributed by atoms with Gasteiger partial charge in [0.25, 0.3) is 5.91 Å². The van der Waals surface area contributed by atoms with Crippen LogP contribution in [0.3, 0.4) is 0 Å². The third-order valence-corrected chi connectivity index (χ3v) is 6.75. The Morgan fingerprint density at radius 1 is 1.19 bits per heavy atom. The van der Waals surface area contributed by atoms with Gasteiger partial charge in [0, 0.05) is 26.2 Å². The highest BCUT2D eigenvalue weighted by Crippen LogP contribution is 2.21. The summed E-state index contributed by atoms with van der Waals surface area (Å²) in [6, 6.07) is 0.815. The van der Waals surface area contributed by atoms with Crippen LogP contribution in [-0.2, 0) is 19.4 Å². The minimum atomic E-state index is -3.10. The van der Waals surface area contributed by atoms with E-state index in [1.54, 1.807) is 16.7 Å². The van der Waals surface area contributed by atoms with Crippen molar-refractivity contribution in [1.29, 1.82) is 0 Å². The normalized spacial score (nSPS) is 23.1. The van der Waals surface area contributed by atoms with Crippen molar-refractivity contribution in [3.8, 4) is 0 Å². The number of nitrogens with zero attached hydrogens (tertiary/aromatic N) is 2. The topological polar surface area (TPSA) is 117 Å². The number of piperazine rings is 1. The number of carbonyl (C=O) groups excluding carboxylic acids is 3. The highest BCUT2D eigenvalue weighted by atomic mass is 32.2. The number of sulfone groups is 1. The Kier molecular flexibility index (Phi) is 5.54. The zero-order chi connectivity index (χ0) is 19.6. The SMILES string of the molecule is C[C@@H](NC(=O)c1ccoc1)C(=O)N1CCN(C(=O)[C@H]2CCS(=O)(=O)C2)CC1. The number of nitrogens with one attached hydrogen (secondary N) is 1. The number of hydrogen-bond donors (Lipinski definition) is 1. The van der Waals surface area contributed by atoms with Gasteiger partial charge in [0.05, 0.1) is 29.3 Å². The van der Waals surface area contributed by atoms with E-state index in [1.807, 2.05) is 0 Å². The molecule has 1 aromatic heterocycles. The fraction of sp³-hybridized carbons (Fsp3) is 0.588. The summed E-state index contributed by atoms with van der Waals surface area (Å²) in [7, 11) is -3.10. The van der Waals surface area contributed by atoms with Crippen molar-refractivity contribution in [2.24, 2.45) is 5.92 Å². The van der Waals surface area contributed by atoms with Crippen LogP contribution in [0.1, 0.15) is 23.7 Å². The molecule has 1 N–H and O–H groups in total. The minimum Gasteiger partial charge on any atom is -0.472 e. The second kappa shape index (κ2) is 7.71. The Bertz CT molecular complexity index is 812. The first kappa shape index (κ1) is 19.4. The van der Waals surface area contributed by atoms with Gasteiger partial charge in [-0.25, -0.2) is 8.42 Å². The molecule has 148 valence electrons. The lowest BCUT2D eigenvalue weighted by atomic mass is 10.1. The van der Waals surface area contributed by atoms with Crippen molar-refractivity contribution in [2.75, 3.05) is 37.7 Å². The van der Waals surface area contributed by atoms with E-state index in [-0.39, 0.29) is 29.2 Å². The van der Waals surface area contributed by atoms with Crippen LogP contribution in [0, 0.1) is 5.92 Å². The van der Waals surface area contributed by atoms with Crippen LogP contribution >= 0.6 is 0 Å². The van der Waals surface area contributed by atoms with E-state index in [0.29, 0.717) is 38.2 Å². The van der Waals surface area contributed by atoms with Gasteiger partial charge in [0.2, 0.25) is 11.8 Å². The Morgan fingerprint density at radius 2 is 1.85 bits per heavy atom. The molecule has 2 aliphatic heterocycles. The molecule has 0 aromatic carbocycles. The molecule has 0 unspecified atom stereocenters. The zero-order valence-electron chi connectivity index (χ0n) is 15.1. The van der Waals surface area contributed by atoms with Crippen LogP contribution in [0.4, 0.5) is 0 Å². The largest absolute Gasteiger partial charge is 0.472 e. The summed E-state index contributed by atoms with van der Waals surface area (Å²) in [5.74, 6) is -1.24. The van der Waals surface area contributed by atoms with Gasteiger partial charge in [0.15, 0.2) is 9.84 Å². The van der Waals surface area contributed by atoms with Gasteiger partial charge in [-0.2, -0.15) is 0 Å². The van der Waals surface area contributed by atoms with Gasteiger partial charge in [-0.3, -0.25) is 14.4 Å². The van der Waals surface area contributed by atoms with Crippen LogP contribution in [0.5, 0.6) is 0 Å².